The zero-order chi connectivity index (χ0) is 14.7. The molecule has 0 aliphatic heterocycles. The molecule has 5 heteroatoms. The molecule has 0 fully saturated rings. The number of hydrogen-bond acceptors (Lipinski definition) is 1. The zero-order valence-corrected chi connectivity index (χ0v) is 11.8. The van der Waals surface area contributed by atoms with E-state index < -0.39 is 23.0 Å². The molecular weight excluding hydrogens is 333 g/mol. The fraction of sp³-hybridized carbons (Fsp3) is 0.0667. The van der Waals surface area contributed by atoms with Crippen molar-refractivity contribution in [1.29, 1.82) is 0 Å². The standard InChI is InChI=1S/C15H9BrF3O/c1-2-6-20-9-7-12(18)15(13(19)8-9)14-10(16)4-3-5-11(14)17/h2-3,5,7-8H,1,6H2. The van der Waals surface area contributed by atoms with Crippen LogP contribution in [0.1, 0.15) is 0 Å². The van der Waals surface area contributed by atoms with Crippen molar-refractivity contribution in [2.24, 2.45) is 0 Å². The molecular formula is C15H9BrF3O. The molecule has 0 aromatic heterocycles. The summed E-state index contributed by atoms with van der Waals surface area (Å²) in [5, 5.41) is 0. The summed E-state index contributed by atoms with van der Waals surface area (Å²) < 4.78 is 47.0. The summed E-state index contributed by atoms with van der Waals surface area (Å²) in [7, 11) is 0. The van der Waals surface area contributed by atoms with E-state index in [9.17, 15) is 13.2 Å². The minimum absolute atomic E-state index is 0.0140. The van der Waals surface area contributed by atoms with Crippen LogP contribution in [0.5, 0.6) is 5.75 Å². The van der Waals surface area contributed by atoms with Gasteiger partial charge >= 0.3 is 0 Å². The molecule has 1 radical (unpaired) electrons. The van der Waals surface area contributed by atoms with Gasteiger partial charge in [-0.3, -0.25) is 0 Å². The van der Waals surface area contributed by atoms with Crippen molar-refractivity contribution < 1.29 is 17.9 Å². The number of hydrogen-bond donors (Lipinski definition) is 0. The van der Waals surface area contributed by atoms with Crippen LogP contribution in [0.4, 0.5) is 13.2 Å². The highest BCUT2D eigenvalue weighted by Gasteiger charge is 2.19. The molecule has 20 heavy (non-hydrogen) atoms. The normalized spacial score (nSPS) is 10.4. The quantitative estimate of drug-likeness (QED) is 0.719. The van der Waals surface area contributed by atoms with Crippen molar-refractivity contribution in [1.82, 2.24) is 0 Å². The Morgan fingerprint density at radius 1 is 1.15 bits per heavy atom. The maximum Gasteiger partial charge on any atom is 0.137 e. The van der Waals surface area contributed by atoms with Gasteiger partial charge in [-0.25, -0.2) is 13.2 Å². The number of halogens is 4. The van der Waals surface area contributed by atoms with Crippen molar-refractivity contribution in [2.75, 3.05) is 6.61 Å². The molecule has 2 aromatic carbocycles. The Morgan fingerprint density at radius 3 is 2.35 bits per heavy atom. The van der Waals surface area contributed by atoms with E-state index in [2.05, 4.69) is 28.6 Å². The van der Waals surface area contributed by atoms with Crippen LogP contribution in [0.2, 0.25) is 0 Å². The highest BCUT2D eigenvalue weighted by atomic mass is 79.9. The van der Waals surface area contributed by atoms with Gasteiger partial charge in [0.15, 0.2) is 0 Å². The average molecular weight is 342 g/mol. The van der Waals surface area contributed by atoms with E-state index in [1.807, 2.05) is 0 Å². The van der Waals surface area contributed by atoms with E-state index in [1.165, 1.54) is 12.1 Å². The van der Waals surface area contributed by atoms with Gasteiger partial charge in [0.25, 0.3) is 0 Å². The summed E-state index contributed by atoms with van der Waals surface area (Å²) >= 11 is 3.04. The highest BCUT2D eigenvalue weighted by Crippen LogP contribution is 2.36. The van der Waals surface area contributed by atoms with E-state index in [4.69, 9.17) is 4.74 Å². The number of rotatable bonds is 4. The third-order valence-corrected chi connectivity index (χ3v) is 3.16. The number of benzene rings is 2. The lowest BCUT2D eigenvalue weighted by Gasteiger charge is -2.11. The van der Waals surface area contributed by atoms with E-state index in [0.717, 1.165) is 18.2 Å². The summed E-state index contributed by atoms with van der Waals surface area (Å²) in [6.45, 7) is 3.56. The summed E-state index contributed by atoms with van der Waals surface area (Å²) in [5.74, 6) is -2.56. The third kappa shape index (κ3) is 2.88. The summed E-state index contributed by atoms with van der Waals surface area (Å²) in [4.78, 5) is 0. The summed E-state index contributed by atoms with van der Waals surface area (Å²) in [6, 6.07) is 7.05. The second-order valence-electron chi connectivity index (χ2n) is 3.88. The van der Waals surface area contributed by atoms with Crippen LogP contribution in [-0.2, 0) is 0 Å². The maximum atomic E-state index is 14.0. The van der Waals surface area contributed by atoms with Crippen molar-refractivity contribution in [2.45, 2.75) is 0 Å². The Bertz CT molecular complexity index is 612. The topological polar surface area (TPSA) is 9.23 Å². The predicted octanol–water partition coefficient (Wildman–Crippen LogP) is 4.90. The molecule has 0 unspecified atom stereocenters. The molecule has 2 rings (SSSR count). The second kappa shape index (κ2) is 6.13. The molecule has 0 spiro atoms. The fourth-order valence-corrected chi connectivity index (χ4v) is 2.22. The first-order valence-corrected chi connectivity index (χ1v) is 6.42. The van der Waals surface area contributed by atoms with Crippen LogP contribution >= 0.6 is 15.9 Å². The van der Waals surface area contributed by atoms with Gasteiger partial charge in [0, 0.05) is 22.2 Å². The molecule has 0 bridgehead atoms. The molecule has 0 aliphatic carbocycles. The van der Waals surface area contributed by atoms with Crippen LogP contribution < -0.4 is 4.74 Å². The summed E-state index contributed by atoms with van der Waals surface area (Å²) in [6.07, 6.45) is 1.45. The molecule has 0 aliphatic rings. The smallest absolute Gasteiger partial charge is 0.137 e. The van der Waals surface area contributed by atoms with Gasteiger partial charge in [-0.2, -0.15) is 0 Å². The molecule has 0 saturated carbocycles. The van der Waals surface area contributed by atoms with Crippen molar-refractivity contribution >= 4 is 15.9 Å². The molecule has 0 atom stereocenters. The van der Waals surface area contributed by atoms with Crippen LogP contribution in [0, 0.1) is 23.5 Å². The molecule has 103 valence electrons. The van der Waals surface area contributed by atoms with Crippen molar-refractivity contribution in [3.63, 3.8) is 0 Å². The monoisotopic (exact) mass is 341 g/mol. The third-order valence-electron chi connectivity index (χ3n) is 2.53. The molecule has 0 saturated heterocycles. The Balaban J connectivity index is 2.55. The van der Waals surface area contributed by atoms with E-state index in [0.29, 0.717) is 0 Å². The van der Waals surface area contributed by atoms with Gasteiger partial charge in [0.2, 0.25) is 0 Å². The van der Waals surface area contributed by atoms with Gasteiger partial charge in [-0.1, -0.05) is 18.7 Å². The predicted molar refractivity (Wildman–Crippen MR) is 74.0 cm³/mol. The lowest BCUT2D eigenvalue weighted by atomic mass is 10.0. The minimum Gasteiger partial charge on any atom is -0.489 e. The molecule has 0 amide bonds. The molecule has 0 N–H and O–H groups in total. The van der Waals surface area contributed by atoms with Crippen molar-refractivity contribution in [3.8, 4) is 16.9 Å². The van der Waals surface area contributed by atoms with Crippen LogP contribution in [0.15, 0.2) is 41.4 Å². The van der Waals surface area contributed by atoms with Crippen LogP contribution in [0.3, 0.4) is 0 Å². The Hall–Kier alpha value is -1.75. The van der Waals surface area contributed by atoms with Gasteiger partial charge < -0.3 is 4.74 Å². The lowest BCUT2D eigenvalue weighted by Crippen LogP contribution is -1.98. The lowest BCUT2D eigenvalue weighted by molar-refractivity contribution is 0.358. The van der Waals surface area contributed by atoms with Gasteiger partial charge in [-0.05, 0) is 28.1 Å². The highest BCUT2D eigenvalue weighted by molar-refractivity contribution is 9.10. The first-order chi connectivity index (χ1) is 9.54. The van der Waals surface area contributed by atoms with E-state index in [-0.39, 0.29) is 22.4 Å². The first kappa shape index (κ1) is 14.7. The molecule has 1 nitrogen and oxygen atoms in total. The van der Waals surface area contributed by atoms with Crippen LogP contribution in [0.25, 0.3) is 11.1 Å². The van der Waals surface area contributed by atoms with E-state index >= 15 is 0 Å². The number of ether oxygens (including phenoxy) is 1. The average Bonchev–Trinajstić information content (AvgIpc) is 2.39. The van der Waals surface area contributed by atoms with Crippen molar-refractivity contribution in [3.05, 3.63) is 64.9 Å². The minimum atomic E-state index is -0.914. The maximum absolute atomic E-state index is 14.0. The van der Waals surface area contributed by atoms with Crippen LogP contribution in [-0.4, -0.2) is 6.61 Å². The van der Waals surface area contributed by atoms with Gasteiger partial charge in [0.1, 0.15) is 29.8 Å². The second-order valence-corrected chi connectivity index (χ2v) is 4.67. The summed E-state index contributed by atoms with van der Waals surface area (Å²) in [5.41, 5.74) is -0.671. The molecule has 0 heterocycles. The van der Waals surface area contributed by atoms with Gasteiger partial charge in [0.05, 0.1) is 5.56 Å². The zero-order valence-electron chi connectivity index (χ0n) is 10.2. The SMILES string of the molecule is C=CCOc1cc(F)c(-c2c(Br)[c]ccc2F)c(F)c1. The first-order valence-electron chi connectivity index (χ1n) is 5.63. The Kier molecular flexibility index (Phi) is 4.49. The fourth-order valence-electron chi connectivity index (χ4n) is 1.70. The van der Waals surface area contributed by atoms with E-state index in [1.54, 1.807) is 0 Å². The Morgan fingerprint density at radius 2 is 1.80 bits per heavy atom. The Labute approximate surface area is 122 Å². The largest absolute Gasteiger partial charge is 0.489 e. The van der Waals surface area contributed by atoms with Gasteiger partial charge in [-0.15, -0.1) is 0 Å². The molecule has 2 aromatic rings.